The van der Waals surface area contributed by atoms with Crippen LogP contribution in [-0.4, -0.2) is 25.9 Å². The number of nitrogens with one attached hydrogen (secondary N) is 2. The Hall–Kier alpha value is -2.82. The summed E-state index contributed by atoms with van der Waals surface area (Å²) >= 11 is 0. The number of anilines is 3. The second-order valence-corrected chi connectivity index (χ2v) is 5.82. The highest BCUT2D eigenvalue weighted by Gasteiger charge is 2.31. The van der Waals surface area contributed by atoms with Gasteiger partial charge < -0.3 is 15.5 Å². The largest absolute Gasteiger partial charge is 0.378 e. The Bertz CT molecular complexity index is 738. The monoisotopic (exact) mass is 309 g/mol. The van der Waals surface area contributed by atoms with E-state index in [0.717, 1.165) is 22.6 Å². The number of hydrogen-bond acceptors (Lipinski definition) is 3. The summed E-state index contributed by atoms with van der Waals surface area (Å²) in [5.41, 5.74) is 3.47. The van der Waals surface area contributed by atoms with Crippen LogP contribution in [0, 0.1) is 0 Å². The first-order valence-corrected chi connectivity index (χ1v) is 7.51. The maximum absolute atomic E-state index is 12.2. The fraction of sp³-hybridized carbons (Fsp3) is 0.222. The van der Waals surface area contributed by atoms with E-state index in [4.69, 9.17) is 0 Å². The Kier molecular flexibility index (Phi) is 4.02. The molecule has 0 saturated carbocycles. The van der Waals surface area contributed by atoms with Gasteiger partial charge in [0.25, 0.3) is 0 Å². The molecule has 0 spiro atoms. The molecule has 2 aromatic rings. The summed E-state index contributed by atoms with van der Waals surface area (Å²) in [6.45, 7) is 0. The molecule has 1 unspecified atom stereocenters. The Morgan fingerprint density at radius 2 is 1.83 bits per heavy atom. The van der Waals surface area contributed by atoms with Crippen LogP contribution in [0.5, 0.6) is 0 Å². The lowest BCUT2D eigenvalue weighted by atomic mass is 9.97. The third-order valence-corrected chi connectivity index (χ3v) is 3.97. The number of fused-ring (bicyclic) bond motifs is 1. The zero-order valence-electron chi connectivity index (χ0n) is 13.2. The van der Waals surface area contributed by atoms with E-state index in [0.29, 0.717) is 0 Å². The minimum atomic E-state index is -0.424. The summed E-state index contributed by atoms with van der Waals surface area (Å²) in [6.07, 6.45) is 0.137. The number of hydrogen-bond donors (Lipinski definition) is 2. The Morgan fingerprint density at radius 3 is 2.52 bits per heavy atom. The molecule has 118 valence electrons. The van der Waals surface area contributed by atoms with Crippen LogP contribution >= 0.6 is 0 Å². The van der Waals surface area contributed by atoms with Gasteiger partial charge >= 0.3 is 0 Å². The molecule has 0 aliphatic carbocycles. The molecule has 2 amide bonds. The van der Waals surface area contributed by atoms with E-state index < -0.39 is 5.92 Å². The summed E-state index contributed by atoms with van der Waals surface area (Å²) in [5.74, 6) is -0.712. The van der Waals surface area contributed by atoms with Crippen molar-refractivity contribution in [3.05, 3.63) is 54.1 Å². The first-order valence-electron chi connectivity index (χ1n) is 7.51. The summed E-state index contributed by atoms with van der Waals surface area (Å²) in [6, 6.07) is 15.1. The molecule has 3 rings (SSSR count). The van der Waals surface area contributed by atoms with Crippen LogP contribution in [0.3, 0.4) is 0 Å². The molecular weight excluding hydrogens is 290 g/mol. The lowest BCUT2D eigenvalue weighted by molar-refractivity contribution is -0.122. The fourth-order valence-corrected chi connectivity index (χ4v) is 2.72. The average Bonchev–Trinajstić information content (AvgIpc) is 2.84. The van der Waals surface area contributed by atoms with Crippen molar-refractivity contribution in [2.24, 2.45) is 0 Å². The highest BCUT2D eigenvalue weighted by atomic mass is 16.2. The highest BCUT2D eigenvalue weighted by Crippen LogP contribution is 2.34. The van der Waals surface area contributed by atoms with Crippen molar-refractivity contribution in [2.75, 3.05) is 29.6 Å². The molecule has 2 N–H and O–H groups in total. The van der Waals surface area contributed by atoms with Crippen LogP contribution in [-0.2, 0) is 9.59 Å². The van der Waals surface area contributed by atoms with Gasteiger partial charge in [0.05, 0.1) is 5.92 Å². The summed E-state index contributed by atoms with van der Waals surface area (Å²) in [5, 5.41) is 5.66. The summed E-state index contributed by atoms with van der Waals surface area (Å²) in [7, 11) is 3.92. The van der Waals surface area contributed by atoms with Gasteiger partial charge in [-0.1, -0.05) is 18.2 Å². The number of carbonyl (C=O) groups is 2. The molecule has 1 aliphatic heterocycles. The van der Waals surface area contributed by atoms with Crippen LogP contribution < -0.4 is 15.5 Å². The standard InChI is InChI=1S/C18H19N3O2/c1-21(2)13-9-7-12(8-10-13)19-17(22)11-15-14-5-3-4-6-16(14)20-18(15)23/h3-10,15H,11H2,1-2H3,(H,19,22)(H,20,23). The second kappa shape index (κ2) is 6.12. The fourth-order valence-electron chi connectivity index (χ4n) is 2.72. The van der Waals surface area contributed by atoms with Crippen LogP contribution in [0.2, 0.25) is 0 Å². The third-order valence-electron chi connectivity index (χ3n) is 3.97. The Balaban J connectivity index is 1.67. The summed E-state index contributed by atoms with van der Waals surface area (Å²) in [4.78, 5) is 26.3. The van der Waals surface area contributed by atoms with E-state index in [-0.39, 0.29) is 18.2 Å². The van der Waals surface area contributed by atoms with E-state index in [1.807, 2.05) is 67.5 Å². The zero-order valence-corrected chi connectivity index (χ0v) is 13.2. The van der Waals surface area contributed by atoms with E-state index in [1.165, 1.54) is 0 Å². The normalized spacial score (nSPS) is 15.7. The van der Waals surface area contributed by atoms with Crippen LogP contribution in [0.15, 0.2) is 48.5 Å². The molecule has 1 aliphatic rings. The van der Waals surface area contributed by atoms with E-state index >= 15 is 0 Å². The number of benzene rings is 2. The van der Waals surface area contributed by atoms with Crippen molar-refractivity contribution in [1.82, 2.24) is 0 Å². The molecule has 5 nitrogen and oxygen atoms in total. The van der Waals surface area contributed by atoms with Gasteiger partial charge in [0, 0.05) is 37.6 Å². The molecule has 0 fully saturated rings. The Labute approximate surface area is 135 Å². The number of para-hydroxylation sites is 1. The predicted molar refractivity (Wildman–Crippen MR) is 91.8 cm³/mol. The minimum absolute atomic E-state index is 0.121. The molecule has 1 heterocycles. The van der Waals surface area contributed by atoms with Crippen molar-refractivity contribution in [1.29, 1.82) is 0 Å². The molecule has 23 heavy (non-hydrogen) atoms. The smallest absolute Gasteiger partial charge is 0.232 e. The van der Waals surface area contributed by atoms with Gasteiger partial charge in [-0.25, -0.2) is 0 Å². The van der Waals surface area contributed by atoms with Gasteiger partial charge in [-0.15, -0.1) is 0 Å². The van der Waals surface area contributed by atoms with E-state index in [1.54, 1.807) is 0 Å². The van der Waals surface area contributed by atoms with Gasteiger partial charge in [0.2, 0.25) is 11.8 Å². The van der Waals surface area contributed by atoms with Gasteiger partial charge in [-0.05, 0) is 35.9 Å². The lowest BCUT2D eigenvalue weighted by Crippen LogP contribution is -2.20. The molecule has 5 heteroatoms. The molecule has 1 atom stereocenters. The van der Waals surface area contributed by atoms with Gasteiger partial charge in [0.1, 0.15) is 0 Å². The topological polar surface area (TPSA) is 61.4 Å². The SMILES string of the molecule is CN(C)c1ccc(NC(=O)CC2C(=O)Nc3ccccc32)cc1. The quantitative estimate of drug-likeness (QED) is 0.913. The average molecular weight is 309 g/mol. The van der Waals surface area contributed by atoms with Crippen molar-refractivity contribution in [3.63, 3.8) is 0 Å². The van der Waals surface area contributed by atoms with Gasteiger partial charge in [-0.2, -0.15) is 0 Å². The van der Waals surface area contributed by atoms with Gasteiger partial charge in [-0.3, -0.25) is 9.59 Å². The maximum Gasteiger partial charge on any atom is 0.232 e. The predicted octanol–water partition coefficient (Wildman–Crippen LogP) is 2.82. The number of rotatable bonds is 4. The van der Waals surface area contributed by atoms with Crippen molar-refractivity contribution in [2.45, 2.75) is 12.3 Å². The molecule has 0 radical (unpaired) electrons. The van der Waals surface area contributed by atoms with Crippen molar-refractivity contribution >= 4 is 28.9 Å². The molecule has 2 aromatic carbocycles. The summed E-state index contributed by atoms with van der Waals surface area (Å²) < 4.78 is 0. The second-order valence-electron chi connectivity index (χ2n) is 5.82. The van der Waals surface area contributed by atoms with Crippen LogP contribution in [0.1, 0.15) is 17.9 Å². The zero-order chi connectivity index (χ0) is 16.4. The molecular formula is C18H19N3O2. The van der Waals surface area contributed by atoms with Crippen LogP contribution in [0.25, 0.3) is 0 Å². The minimum Gasteiger partial charge on any atom is -0.378 e. The number of carbonyl (C=O) groups excluding carboxylic acids is 2. The first-order chi connectivity index (χ1) is 11.0. The lowest BCUT2D eigenvalue weighted by Gasteiger charge is -2.13. The Morgan fingerprint density at radius 1 is 1.13 bits per heavy atom. The number of nitrogens with zero attached hydrogens (tertiary/aromatic N) is 1. The van der Waals surface area contributed by atoms with Crippen LogP contribution in [0.4, 0.5) is 17.1 Å². The highest BCUT2D eigenvalue weighted by molar-refractivity contribution is 6.06. The van der Waals surface area contributed by atoms with Gasteiger partial charge in [0.15, 0.2) is 0 Å². The van der Waals surface area contributed by atoms with Crippen molar-refractivity contribution < 1.29 is 9.59 Å². The number of amides is 2. The first kappa shape index (κ1) is 15.1. The molecule has 0 aromatic heterocycles. The molecule has 0 saturated heterocycles. The van der Waals surface area contributed by atoms with Crippen molar-refractivity contribution in [3.8, 4) is 0 Å². The van der Waals surface area contributed by atoms with E-state index in [9.17, 15) is 9.59 Å². The maximum atomic E-state index is 12.2. The molecule has 0 bridgehead atoms. The third kappa shape index (κ3) is 3.18. The van der Waals surface area contributed by atoms with E-state index in [2.05, 4.69) is 10.6 Å².